The van der Waals surface area contributed by atoms with Gasteiger partial charge in [0.05, 0.1) is 24.3 Å². The van der Waals surface area contributed by atoms with Crippen molar-refractivity contribution in [3.8, 4) is 5.88 Å². The number of hydrogen-bond donors (Lipinski definition) is 0. The highest BCUT2D eigenvalue weighted by atomic mass is 19.1. The van der Waals surface area contributed by atoms with Gasteiger partial charge in [-0.1, -0.05) is 6.08 Å². The van der Waals surface area contributed by atoms with Crippen LogP contribution < -0.4 is 4.74 Å². The molecule has 2 aromatic rings. The number of nitrogens with zero attached hydrogens (tertiary/aromatic N) is 3. The van der Waals surface area contributed by atoms with Gasteiger partial charge in [0.15, 0.2) is 0 Å². The number of hydrogen-bond acceptors (Lipinski definition) is 4. The van der Waals surface area contributed by atoms with Crippen LogP contribution in [0, 0.1) is 11.7 Å². The zero-order chi connectivity index (χ0) is 16.9. The Hall–Kier alpha value is -1.95. The molecule has 0 aromatic carbocycles. The van der Waals surface area contributed by atoms with Crippen LogP contribution in [-0.2, 0) is 6.42 Å². The summed E-state index contributed by atoms with van der Waals surface area (Å²) in [4.78, 5) is 10.9. The number of rotatable bonds is 5. The largest absolute Gasteiger partial charge is 0.481 e. The van der Waals surface area contributed by atoms with Gasteiger partial charge in [-0.25, -0.2) is 9.37 Å². The van der Waals surface area contributed by atoms with Crippen LogP contribution in [-0.4, -0.2) is 49.5 Å². The van der Waals surface area contributed by atoms with Gasteiger partial charge in [-0.15, -0.1) is 5.98 Å². The molecule has 0 atom stereocenters. The Balaban J connectivity index is 1.72. The smallest absolute Gasteiger partial charge is 0.213 e. The minimum absolute atomic E-state index is 0.302. The van der Waals surface area contributed by atoms with Crippen LogP contribution in [0.25, 0.3) is 11.0 Å². The van der Waals surface area contributed by atoms with E-state index >= 15 is 0 Å². The zero-order valence-electron chi connectivity index (χ0n) is 13.9. The molecule has 0 bridgehead atoms. The molecule has 24 heavy (non-hydrogen) atoms. The highest BCUT2D eigenvalue weighted by Crippen LogP contribution is 2.23. The molecular formula is C18H21BFN3O. The standard InChI is InChI=1S/C18H21BFN3O/c1-24-17-3-2-16-18(22-17)14(15(20)12-21-16)7-11-23-9-5-13(4-8-19)6-10-23/h2-4,8,12-13H,5-7,9-11H2,1H3/b8-4+. The van der Waals surface area contributed by atoms with Gasteiger partial charge in [-0.05, 0) is 44.3 Å². The Morgan fingerprint density at radius 1 is 1.38 bits per heavy atom. The molecule has 2 radical (unpaired) electrons. The minimum atomic E-state index is -0.302. The first-order valence-corrected chi connectivity index (χ1v) is 8.30. The maximum atomic E-state index is 14.3. The topological polar surface area (TPSA) is 38.2 Å². The monoisotopic (exact) mass is 325 g/mol. The quantitative estimate of drug-likeness (QED) is 0.793. The molecule has 3 heterocycles. The van der Waals surface area contributed by atoms with E-state index in [1.54, 1.807) is 19.2 Å². The van der Waals surface area contributed by atoms with Crippen LogP contribution >= 0.6 is 0 Å². The van der Waals surface area contributed by atoms with Crippen molar-refractivity contribution >= 4 is 18.9 Å². The molecule has 6 heteroatoms. The van der Waals surface area contributed by atoms with Crippen molar-refractivity contribution in [2.24, 2.45) is 5.92 Å². The molecule has 4 nitrogen and oxygen atoms in total. The van der Waals surface area contributed by atoms with Crippen LogP contribution in [0.2, 0.25) is 0 Å². The van der Waals surface area contributed by atoms with Gasteiger partial charge in [0.1, 0.15) is 13.7 Å². The van der Waals surface area contributed by atoms with Crippen molar-refractivity contribution in [1.82, 2.24) is 14.9 Å². The number of allylic oxidation sites excluding steroid dienone is 1. The molecule has 0 aliphatic carbocycles. The first kappa shape index (κ1) is 16.9. The second kappa shape index (κ2) is 7.75. The van der Waals surface area contributed by atoms with E-state index in [2.05, 4.69) is 20.9 Å². The molecule has 0 N–H and O–H groups in total. The van der Waals surface area contributed by atoms with Gasteiger partial charge in [0.2, 0.25) is 5.88 Å². The van der Waals surface area contributed by atoms with Crippen molar-refractivity contribution in [2.75, 3.05) is 26.7 Å². The van der Waals surface area contributed by atoms with Gasteiger partial charge in [0.25, 0.3) is 0 Å². The maximum Gasteiger partial charge on any atom is 0.213 e. The summed E-state index contributed by atoms with van der Waals surface area (Å²) in [6.45, 7) is 2.83. The number of methoxy groups -OCH3 is 1. The molecule has 0 spiro atoms. The Kier molecular flexibility index (Phi) is 5.46. The predicted octanol–water partition coefficient (Wildman–Crippen LogP) is 2.71. The molecule has 1 fully saturated rings. The molecule has 1 saturated heterocycles. The van der Waals surface area contributed by atoms with Gasteiger partial charge in [-0.3, -0.25) is 4.98 Å². The number of fused-ring (bicyclic) bond motifs is 1. The van der Waals surface area contributed by atoms with Crippen molar-refractivity contribution < 1.29 is 9.13 Å². The number of pyridine rings is 2. The Labute approximate surface area is 143 Å². The summed E-state index contributed by atoms with van der Waals surface area (Å²) in [6, 6.07) is 3.56. The third kappa shape index (κ3) is 3.75. The van der Waals surface area contributed by atoms with E-state index < -0.39 is 0 Å². The first-order valence-electron chi connectivity index (χ1n) is 8.30. The lowest BCUT2D eigenvalue weighted by Crippen LogP contribution is -2.34. The van der Waals surface area contributed by atoms with Crippen LogP contribution in [0.4, 0.5) is 4.39 Å². The predicted molar refractivity (Wildman–Crippen MR) is 93.8 cm³/mol. The normalized spacial score (nSPS) is 16.9. The summed E-state index contributed by atoms with van der Waals surface area (Å²) >= 11 is 0. The molecule has 0 unspecified atom stereocenters. The van der Waals surface area contributed by atoms with E-state index in [0.717, 1.165) is 32.5 Å². The van der Waals surface area contributed by atoms with Crippen LogP contribution in [0.5, 0.6) is 5.88 Å². The van der Waals surface area contributed by atoms with Crippen LogP contribution in [0.15, 0.2) is 30.4 Å². The van der Waals surface area contributed by atoms with E-state index in [9.17, 15) is 4.39 Å². The molecule has 0 amide bonds. The molecule has 3 rings (SSSR count). The Bertz CT molecular complexity index is 730. The fourth-order valence-corrected chi connectivity index (χ4v) is 3.22. The average Bonchev–Trinajstić information content (AvgIpc) is 2.62. The van der Waals surface area contributed by atoms with Gasteiger partial charge in [-0.2, -0.15) is 0 Å². The van der Waals surface area contributed by atoms with Crippen LogP contribution in [0.1, 0.15) is 18.4 Å². The summed E-state index contributed by atoms with van der Waals surface area (Å²) in [6.07, 6.45) is 6.16. The molecule has 124 valence electrons. The van der Waals surface area contributed by atoms with E-state index in [1.807, 2.05) is 6.07 Å². The van der Waals surface area contributed by atoms with E-state index in [1.165, 1.54) is 6.20 Å². The summed E-state index contributed by atoms with van der Waals surface area (Å²) in [5, 5.41) is 0. The van der Waals surface area contributed by atoms with Crippen molar-refractivity contribution in [1.29, 1.82) is 0 Å². The average molecular weight is 325 g/mol. The van der Waals surface area contributed by atoms with E-state index in [-0.39, 0.29) is 5.82 Å². The summed E-state index contributed by atoms with van der Waals surface area (Å²) in [5.41, 5.74) is 1.90. The number of ether oxygens (including phenoxy) is 1. The third-order valence-corrected chi connectivity index (χ3v) is 4.64. The zero-order valence-corrected chi connectivity index (χ0v) is 13.9. The number of piperidine rings is 1. The lowest BCUT2D eigenvalue weighted by molar-refractivity contribution is 0.205. The summed E-state index contributed by atoms with van der Waals surface area (Å²) < 4.78 is 19.4. The van der Waals surface area contributed by atoms with Crippen molar-refractivity contribution in [3.63, 3.8) is 0 Å². The molecule has 0 saturated carbocycles. The Morgan fingerprint density at radius 2 is 2.17 bits per heavy atom. The minimum Gasteiger partial charge on any atom is -0.481 e. The summed E-state index contributed by atoms with van der Waals surface area (Å²) in [5.74, 6) is 2.38. The second-order valence-electron chi connectivity index (χ2n) is 6.12. The van der Waals surface area contributed by atoms with Crippen molar-refractivity contribution in [2.45, 2.75) is 19.3 Å². The maximum absolute atomic E-state index is 14.3. The lowest BCUT2D eigenvalue weighted by atomic mass is 9.93. The molecule has 1 aliphatic heterocycles. The van der Waals surface area contributed by atoms with Gasteiger partial charge >= 0.3 is 0 Å². The van der Waals surface area contributed by atoms with E-state index in [4.69, 9.17) is 12.6 Å². The molecular weight excluding hydrogens is 304 g/mol. The highest BCUT2D eigenvalue weighted by Gasteiger charge is 2.18. The van der Waals surface area contributed by atoms with Crippen molar-refractivity contribution in [3.05, 3.63) is 41.8 Å². The Morgan fingerprint density at radius 3 is 2.88 bits per heavy atom. The second-order valence-corrected chi connectivity index (χ2v) is 6.12. The fraction of sp³-hybridized carbons (Fsp3) is 0.444. The third-order valence-electron chi connectivity index (χ3n) is 4.64. The first-order chi connectivity index (χ1) is 11.7. The fourth-order valence-electron chi connectivity index (χ4n) is 3.22. The SMILES string of the molecule is [B]/C=C/C1CCN(CCc2c(F)cnc3ccc(OC)nc23)CC1. The molecule has 2 aromatic heterocycles. The van der Waals surface area contributed by atoms with E-state index in [0.29, 0.717) is 34.8 Å². The van der Waals surface area contributed by atoms with Gasteiger partial charge in [0, 0.05) is 18.2 Å². The van der Waals surface area contributed by atoms with Crippen LogP contribution in [0.3, 0.4) is 0 Å². The molecule has 1 aliphatic rings. The number of aromatic nitrogens is 2. The summed E-state index contributed by atoms with van der Waals surface area (Å²) in [7, 11) is 7.02. The highest BCUT2D eigenvalue weighted by molar-refractivity contribution is 6.16. The number of halogens is 1. The lowest BCUT2D eigenvalue weighted by Gasteiger charge is -2.30. The van der Waals surface area contributed by atoms with Gasteiger partial charge < -0.3 is 9.64 Å². The number of likely N-dealkylation sites (tertiary alicyclic amines) is 1.